The number of urea groups is 1. The van der Waals surface area contributed by atoms with Gasteiger partial charge in [0, 0.05) is 23.1 Å². The van der Waals surface area contributed by atoms with E-state index in [1.807, 2.05) is 0 Å². The summed E-state index contributed by atoms with van der Waals surface area (Å²) in [6, 6.07) is 13.9. The molecule has 0 unspecified atom stereocenters. The van der Waals surface area contributed by atoms with Gasteiger partial charge >= 0.3 is 6.03 Å². The van der Waals surface area contributed by atoms with Crippen molar-refractivity contribution in [3.05, 3.63) is 66.2 Å². The Labute approximate surface area is 155 Å². The average Bonchev–Trinajstić information content (AvgIpc) is 2.65. The maximum Gasteiger partial charge on any atom is 0.323 e. The Kier molecular flexibility index (Phi) is 5.46. The van der Waals surface area contributed by atoms with E-state index in [9.17, 15) is 9.18 Å². The number of amides is 2. The summed E-state index contributed by atoms with van der Waals surface area (Å²) in [5.74, 6) is 1.31. The van der Waals surface area contributed by atoms with E-state index in [0.717, 1.165) is 5.69 Å². The molecule has 0 fully saturated rings. The first-order chi connectivity index (χ1) is 13.0. The first-order valence-electron chi connectivity index (χ1n) is 8.12. The number of nitrogens with one attached hydrogen (secondary N) is 3. The molecule has 7 nitrogen and oxygen atoms in total. The molecule has 3 N–H and O–H groups in total. The van der Waals surface area contributed by atoms with E-state index in [4.69, 9.17) is 4.74 Å². The minimum Gasteiger partial charge on any atom is -0.481 e. The van der Waals surface area contributed by atoms with E-state index < -0.39 is 6.03 Å². The van der Waals surface area contributed by atoms with Crippen LogP contribution in [0.5, 0.6) is 5.88 Å². The molecule has 138 valence electrons. The highest BCUT2D eigenvalue weighted by molar-refractivity contribution is 5.99. The summed E-state index contributed by atoms with van der Waals surface area (Å²) in [6.07, 6.45) is 0. The van der Waals surface area contributed by atoms with Crippen LogP contribution in [0.15, 0.2) is 54.6 Å². The molecule has 0 atom stereocenters. The van der Waals surface area contributed by atoms with Gasteiger partial charge in [0.1, 0.15) is 17.5 Å². The molecule has 2 aromatic carbocycles. The zero-order valence-corrected chi connectivity index (χ0v) is 14.8. The number of rotatable bonds is 5. The van der Waals surface area contributed by atoms with Gasteiger partial charge in [0.05, 0.1) is 7.11 Å². The molecule has 8 heteroatoms. The Balaban J connectivity index is 1.60. The van der Waals surface area contributed by atoms with Gasteiger partial charge in [0.15, 0.2) is 0 Å². The van der Waals surface area contributed by atoms with E-state index in [1.165, 1.54) is 24.3 Å². The molecule has 0 saturated carbocycles. The maximum atomic E-state index is 12.9. The molecule has 0 radical (unpaired) electrons. The number of hydrogen-bond donors (Lipinski definition) is 3. The largest absolute Gasteiger partial charge is 0.481 e. The van der Waals surface area contributed by atoms with Gasteiger partial charge in [-0.1, -0.05) is 0 Å². The van der Waals surface area contributed by atoms with Crippen LogP contribution in [0, 0.1) is 12.7 Å². The molecule has 0 saturated heterocycles. The molecule has 3 aromatic rings. The number of nitrogens with zero attached hydrogens (tertiary/aromatic N) is 2. The number of methoxy groups -OCH3 is 1. The van der Waals surface area contributed by atoms with Gasteiger partial charge in [0.2, 0.25) is 5.88 Å². The van der Waals surface area contributed by atoms with Crippen molar-refractivity contribution in [1.82, 2.24) is 9.97 Å². The third kappa shape index (κ3) is 5.15. The quantitative estimate of drug-likeness (QED) is 0.625. The van der Waals surface area contributed by atoms with E-state index in [0.29, 0.717) is 28.9 Å². The molecule has 1 heterocycles. The van der Waals surface area contributed by atoms with Crippen molar-refractivity contribution in [3.8, 4) is 5.88 Å². The second-order valence-corrected chi connectivity index (χ2v) is 5.63. The number of aromatic nitrogens is 2. The molecule has 0 aliphatic rings. The van der Waals surface area contributed by atoms with Gasteiger partial charge in [-0.2, -0.15) is 4.98 Å². The minimum absolute atomic E-state index is 0.361. The van der Waals surface area contributed by atoms with Crippen molar-refractivity contribution in [2.24, 2.45) is 0 Å². The lowest BCUT2D eigenvalue weighted by atomic mass is 10.2. The smallest absolute Gasteiger partial charge is 0.323 e. The summed E-state index contributed by atoms with van der Waals surface area (Å²) in [7, 11) is 1.54. The second-order valence-electron chi connectivity index (χ2n) is 5.63. The molecule has 0 aliphatic carbocycles. The molecule has 0 spiro atoms. The molecule has 27 heavy (non-hydrogen) atoms. The molecule has 3 rings (SSSR count). The van der Waals surface area contributed by atoms with Crippen LogP contribution in [0.25, 0.3) is 0 Å². The number of carbonyl (C=O) groups is 1. The van der Waals surface area contributed by atoms with Crippen LogP contribution in [-0.2, 0) is 0 Å². The van der Waals surface area contributed by atoms with E-state index >= 15 is 0 Å². The number of halogens is 1. The van der Waals surface area contributed by atoms with E-state index in [2.05, 4.69) is 25.9 Å². The fraction of sp³-hybridized carbons (Fsp3) is 0.105. The summed E-state index contributed by atoms with van der Waals surface area (Å²) in [4.78, 5) is 20.4. The van der Waals surface area contributed by atoms with Crippen molar-refractivity contribution in [3.63, 3.8) is 0 Å². The number of carbonyl (C=O) groups excluding carboxylic acids is 1. The molecule has 1 aromatic heterocycles. The molecule has 0 bridgehead atoms. The second kappa shape index (κ2) is 8.13. The topological polar surface area (TPSA) is 88.2 Å². The van der Waals surface area contributed by atoms with Gasteiger partial charge < -0.3 is 20.7 Å². The van der Waals surface area contributed by atoms with Gasteiger partial charge in [-0.3, -0.25) is 0 Å². The van der Waals surface area contributed by atoms with Crippen molar-refractivity contribution in [2.75, 3.05) is 23.1 Å². The summed E-state index contributed by atoms with van der Waals surface area (Å²) >= 11 is 0. The Morgan fingerprint density at radius 3 is 2.07 bits per heavy atom. The van der Waals surface area contributed by atoms with E-state index in [1.54, 1.807) is 44.4 Å². The monoisotopic (exact) mass is 367 g/mol. The third-order valence-electron chi connectivity index (χ3n) is 3.54. The molecule has 2 amide bonds. The van der Waals surface area contributed by atoms with Crippen LogP contribution in [0.3, 0.4) is 0 Å². The van der Waals surface area contributed by atoms with Crippen LogP contribution in [-0.4, -0.2) is 23.1 Å². The molecular weight excluding hydrogens is 349 g/mol. The lowest BCUT2D eigenvalue weighted by molar-refractivity contribution is 0.262. The summed E-state index contributed by atoms with van der Waals surface area (Å²) < 4.78 is 18.0. The van der Waals surface area contributed by atoms with Gasteiger partial charge in [0.25, 0.3) is 0 Å². The van der Waals surface area contributed by atoms with Crippen molar-refractivity contribution < 1.29 is 13.9 Å². The Bertz CT molecular complexity index is 930. The highest BCUT2D eigenvalue weighted by atomic mass is 19.1. The van der Waals surface area contributed by atoms with Crippen LogP contribution in [0.2, 0.25) is 0 Å². The predicted octanol–water partition coefficient (Wildman–Crippen LogP) is 4.32. The standard InChI is InChI=1S/C19H18FN5O2/c1-12-21-17(11-18(22-12)27-2)23-14-7-9-16(10-8-14)25-19(26)24-15-5-3-13(20)4-6-15/h3-11H,1-2H3,(H,21,22,23)(H2,24,25,26). The summed E-state index contributed by atoms with van der Waals surface area (Å²) in [5.41, 5.74) is 1.90. The number of anilines is 4. The number of benzene rings is 2. The number of aryl methyl sites for hydroxylation is 1. The fourth-order valence-corrected chi connectivity index (χ4v) is 2.32. The normalized spacial score (nSPS) is 10.2. The molecule has 0 aliphatic heterocycles. The highest BCUT2D eigenvalue weighted by Crippen LogP contribution is 2.20. The van der Waals surface area contributed by atoms with Crippen molar-refractivity contribution in [1.29, 1.82) is 0 Å². The summed E-state index contributed by atoms with van der Waals surface area (Å²) in [6.45, 7) is 1.78. The number of ether oxygens (including phenoxy) is 1. The SMILES string of the molecule is COc1cc(Nc2ccc(NC(=O)Nc3ccc(F)cc3)cc2)nc(C)n1. The highest BCUT2D eigenvalue weighted by Gasteiger charge is 2.05. The van der Waals surface area contributed by atoms with E-state index in [-0.39, 0.29) is 5.82 Å². The van der Waals surface area contributed by atoms with Gasteiger partial charge in [-0.05, 0) is 55.5 Å². The Morgan fingerprint density at radius 2 is 1.48 bits per heavy atom. The van der Waals surface area contributed by atoms with Crippen LogP contribution < -0.4 is 20.7 Å². The van der Waals surface area contributed by atoms with Crippen LogP contribution >= 0.6 is 0 Å². The first kappa shape index (κ1) is 18.1. The van der Waals surface area contributed by atoms with Gasteiger partial charge in [-0.15, -0.1) is 0 Å². The predicted molar refractivity (Wildman–Crippen MR) is 102 cm³/mol. The lowest BCUT2D eigenvalue weighted by Gasteiger charge is -2.10. The number of hydrogen-bond acceptors (Lipinski definition) is 5. The fourth-order valence-electron chi connectivity index (χ4n) is 2.32. The zero-order chi connectivity index (χ0) is 19.2. The zero-order valence-electron chi connectivity index (χ0n) is 14.8. The first-order valence-corrected chi connectivity index (χ1v) is 8.12. The van der Waals surface area contributed by atoms with Crippen LogP contribution in [0.1, 0.15) is 5.82 Å². The average molecular weight is 367 g/mol. The molecular formula is C19H18FN5O2. The minimum atomic E-state index is -0.418. The lowest BCUT2D eigenvalue weighted by Crippen LogP contribution is -2.19. The van der Waals surface area contributed by atoms with Crippen LogP contribution in [0.4, 0.5) is 32.1 Å². The third-order valence-corrected chi connectivity index (χ3v) is 3.54. The maximum absolute atomic E-state index is 12.9. The van der Waals surface area contributed by atoms with Crippen molar-refractivity contribution >= 4 is 28.9 Å². The Hall–Kier alpha value is -3.68. The Morgan fingerprint density at radius 1 is 0.926 bits per heavy atom. The summed E-state index contributed by atoms with van der Waals surface area (Å²) in [5, 5.41) is 8.48. The van der Waals surface area contributed by atoms with Gasteiger partial charge in [-0.25, -0.2) is 14.2 Å². The van der Waals surface area contributed by atoms with Crippen molar-refractivity contribution in [2.45, 2.75) is 6.92 Å².